The minimum atomic E-state index is -0.721. The van der Waals surface area contributed by atoms with Gasteiger partial charge in [-0.1, -0.05) is 39.0 Å². The zero-order chi connectivity index (χ0) is 19.9. The fourth-order valence-electron chi connectivity index (χ4n) is 2.42. The van der Waals surface area contributed by atoms with Gasteiger partial charge in [-0.3, -0.25) is 14.4 Å². The van der Waals surface area contributed by atoms with Crippen LogP contribution in [0.3, 0.4) is 0 Å². The van der Waals surface area contributed by atoms with Crippen LogP contribution in [0.4, 0.5) is 0 Å². The van der Waals surface area contributed by atoms with Crippen molar-refractivity contribution in [2.75, 3.05) is 0 Å². The number of carbonyl (C=O) groups is 3. The Balaban J connectivity index is 2.77. The Morgan fingerprint density at radius 1 is 0.923 bits per heavy atom. The van der Waals surface area contributed by atoms with E-state index < -0.39 is 12.1 Å². The molecule has 144 valence electrons. The molecular weight excluding hydrogens is 330 g/mol. The summed E-state index contributed by atoms with van der Waals surface area (Å²) < 4.78 is 0. The molecule has 0 heterocycles. The Kier molecular flexibility index (Phi) is 8.29. The summed E-state index contributed by atoms with van der Waals surface area (Å²) in [5, 5.41) is 8.32. The highest BCUT2D eigenvalue weighted by atomic mass is 16.2. The van der Waals surface area contributed by atoms with Crippen molar-refractivity contribution >= 4 is 17.7 Å². The summed E-state index contributed by atoms with van der Waals surface area (Å²) in [5.74, 6) is -1.02. The van der Waals surface area contributed by atoms with Crippen molar-refractivity contribution in [1.82, 2.24) is 16.0 Å². The molecule has 6 heteroatoms. The van der Waals surface area contributed by atoms with Crippen LogP contribution < -0.4 is 16.0 Å². The van der Waals surface area contributed by atoms with E-state index >= 15 is 0 Å². The van der Waals surface area contributed by atoms with Crippen molar-refractivity contribution < 1.29 is 14.4 Å². The van der Waals surface area contributed by atoms with Crippen LogP contribution in [0.25, 0.3) is 0 Å². The van der Waals surface area contributed by atoms with Crippen LogP contribution in [-0.4, -0.2) is 35.8 Å². The topological polar surface area (TPSA) is 87.3 Å². The highest BCUT2D eigenvalue weighted by molar-refractivity contribution is 5.99. The first kappa shape index (κ1) is 21.7. The summed E-state index contributed by atoms with van der Waals surface area (Å²) in [6, 6.07) is 5.87. The van der Waals surface area contributed by atoms with E-state index in [1.54, 1.807) is 19.1 Å². The Hall–Kier alpha value is -2.37. The van der Waals surface area contributed by atoms with E-state index in [0.29, 0.717) is 5.56 Å². The van der Waals surface area contributed by atoms with Gasteiger partial charge in [-0.25, -0.2) is 0 Å². The molecule has 26 heavy (non-hydrogen) atoms. The van der Waals surface area contributed by atoms with Gasteiger partial charge in [0.1, 0.15) is 12.1 Å². The van der Waals surface area contributed by atoms with Crippen molar-refractivity contribution in [3.05, 3.63) is 35.4 Å². The van der Waals surface area contributed by atoms with E-state index in [4.69, 9.17) is 0 Å². The molecule has 0 saturated heterocycles. The van der Waals surface area contributed by atoms with Gasteiger partial charge in [0.15, 0.2) is 0 Å². The van der Waals surface area contributed by atoms with Crippen molar-refractivity contribution in [2.45, 2.75) is 66.1 Å². The first-order valence-electron chi connectivity index (χ1n) is 9.14. The van der Waals surface area contributed by atoms with Gasteiger partial charge in [-0.2, -0.15) is 0 Å². The zero-order valence-electron chi connectivity index (χ0n) is 16.6. The molecule has 0 spiro atoms. The highest BCUT2D eigenvalue weighted by Gasteiger charge is 2.27. The molecule has 0 saturated carbocycles. The van der Waals surface area contributed by atoms with Gasteiger partial charge in [0.05, 0.1) is 0 Å². The average molecular weight is 361 g/mol. The third-order valence-electron chi connectivity index (χ3n) is 4.38. The number of nitrogens with one attached hydrogen (secondary N) is 3. The van der Waals surface area contributed by atoms with Gasteiger partial charge < -0.3 is 16.0 Å². The molecule has 3 atom stereocenters. The lowest BCUT2D eigenvalue weighted by Gasteiger charge is -2.24. The predicted molar refractivity (Wildman–Crippen MR) is 103 cm³/mol. The number of amides is 3. The van der Waals surface area contributed by atoms with E-state index in [1.807, 2.05) is 46.8 Å². The van der Waals surface area contributed by atoms with E-state index in [-0.39, 0.29) is 29.7 Å². The van der Waals surface area contributed by atoms with Crippen LogP contribution in [0.15, 0.2) is 24.3 Å². The van der Waals surface area contributed by atoms with E-state index in [2.05, 4.69) is 16.0 Å². The molecule has 0 aromatic heterocycles. The predicted octanol–water partition coefficient (Wildman–Crippen LogP) is 2.17. The Morgan fingerprint density at radius 2 is 1.54 bits per heavy atom. The molecule has 1 aromatic carbocycles. The maximum absolute atomic E-state index is 12.6. The fourth-order valence-corrected chi connectivity index (χ4v) is 2.42. The number of aryl methyl sites for hydroxylation is 1. The smallest absolute Gasteiger partial charge is 0.252 e. The maximum Gasteiger partial charge on any atom is 0.252 e. The van der Waals surface area contributed by atoms with Gasteiger partial charge in [-0.15, -0.1) is 0 Å². The molecule has 6 nitrogen and oxygen atoms in total. The van der Waals surface area contributed by atoms with Crippen LogP contribution in [0, 0.1) is 12.8 Å². The Morgan fingerprint density at radius 3 is 2.08 bits per heavy atom. The minimum absolute atomic E-state index is 0.0449. The molecule has 3 N–H and O–H groups in total. The minimum Gasteiger partial charge on any atom is -0.352 e. The lowest BCUT2D eigenvalue weighted by Crippen LogP contribution is -2.55. The third kappa shape index (κ3) is 6.17. The van der Waals surface area contributed by atoms with E-state index in [0.717, 1.165) is 12.0 Å². The molecule has 1 rings (SSSR count). The molecule has 0 aliphatic heterocycles. The maximum atomic E-state index is 12.6. The lowest BCUT2D eigenvalue weighted by atomic mass is 10.0. The second-order valence-corrected chi connectivity index (χ2v) is 7.06. The second-order valence-electron chi connectivity index (χ2n) is 7.06. The normalized spacial score (nSPS) is 14.3. The lowest BCUT2D eigenvalue weighted by molar-refractivity contribution is -0.130. The van der Waals surface area contributed by atoms with Gasteiger partial charge in [-0.05, 0) is 44.7 Å². The summed E-state index contributed by atoms with van der Waals surface area (Å²) in [4.78, 5) is 37.2. The van der Waals surface area contributed by atoms with Gasteiger partial charge in [0, 0.05) is 11.6 Å². The van der Waals surface area contributed by atoms with Crippen LogP contribution in [0.2, 0.25) is 0 Å². The van der Waals surface area contributed by atoms with Crippen molar-refractivity contribution in [3.8, 4) is 0 Å². The highest BCUT2D eigenvalue weighted by Crippen LogP contribution is 2.09. The van der Waals surface area contributed by atoms with Crippen LogP contribution in [0.5, 0.6) is 0 Å². The first-order chi connectivity index (χ1) is 12.2. The number of hydrogen-bond acceptors (Lipinski definition) is 3. The number of carbonyl (C=O) groups excluding carboxylic acids is 3. The summed E-state index contributed by atoms with van der Waals surface area (Å²) in [5.41, 5.74) is 1.38. The molecule has 0 fully saturated rings. The molecule has 0 unspecified atom stereocenters. The Labute approximate surface area is 156 Å². The average Bonchev–Trinajstić information content (AvgIpc) is 2.58. The van der Waals surface area contributed by atoms with Crippen molar-refractivity contribution in [3.63, 3.8) is 0 Å². The van der Waals surface area contributed by atoms with Crippen LogP contribution in [0.1, 0.15) is 57.0 Å². The molecule has 0 radical (unpaired) electrons. The number of hydrogen-bond donors (Lipinski definition) is 3. The Bertz CT molecular complexity index is 643. The SMILES string of the molecule is CC[C@H](C)NC(=O)[C@@H](C)NC(=O)[C@H](NC(=O)c1ccccc1C)C(C)C. The molecule has 0 aliphatic rings. The summed E-state index contributed by atoms with van der Waals surface area (Å²) in [6.07, 6.45) is 0.813. The molecule has 1 aromatic rings. The van der Waals surface area contributed by atoms with E-state index in [9.17, 15) is 14.4 Å². The van der Waals surface area contributed by atoms with Crippen molar-refractivity contribution in [1.29, 1.82) is 0 Å². The van der Waals surface area contributed by atoms with E-state index in [1.165, 1.54) is 0 Å². The largest absolute Gasteiger partial charge is 0.352 e. The van der Waals surface area contributed by atoms with Gasteiger partial charge in [0.2, 0.25) is 11.8 Å². The summed E-state index contributed by atoms with van der Waals surface area (Å²) >= 11 is 0. The monoisotopic (exact) mass is 361 g/mol. The molecular formula is C20H31N3O3. The number of rotatable bonds is 8. The van der Waals surface area contributed by atoms with Crippen molar-refractivity contribution in [2.24, 2.45) is 5.92 Å². The summed E-state index contributed by atoms with van der Waals surface area (Å²) in [6.45, 7) is 11.1. The van der Waals surface area contributed by atoms with Crippen LogP contribution in [-0.2, 0) is 9.59 Å². The quantitative estimate of drug-likeness (QED) is 0.663. The summed E-state index contributed by atoms with van der Waals surface area (Å²) in [7, 11) is 0. The number of benzene rings is 1. The molecule has 3 amide bonds. The van der Waals surface area contributed by atoms with Crippen LogP contribution >= 0.6 is 0 Å². The third-order valence-corrected chi connectivity index (χ3v) is 4.38. The van der Waals surface area contributed by atoms with Gasteiger partial charge >= 0.3 is 0 Å². The standard InChI is InChI=1S/C20H31N3O3/c1-7-14(5)21-18(24)15(6)22-20(26)17(12(2)3)23-19(25)16-11-9-8-10-13(16)4/h8-12,14-15,17H,7H2,1-6H3,(H,21,24)(H,22,26)(H,23,25)/t14-,15+,17+/m0/s1. The first-order valence-corrected chi connectivity index (χ1v) is 9.14. The zero-order valence-corrected chi connectivity index (χ0v) is 16.6. The van der Waals surface area contributed by atoms with Gasteiger partial charge in [0.25, 0.3) is 5.91 Å². The second kappa shape index (κ2) is 9.94. The molecule has 0 aliphatic carbocycles. The molecule has 0 bridgehead atoms. The fraction of sp³-hybridized carbons (Fsp3) is 0.550.